The molecule has 1 N–H and O–H groups in total. The van der Waals surface area contributed by atoms with Gasteiger partial charge in [-0.3, -0.25) is 0 Å². The normalized spacial score (nSPS) is 8.80. The van der Waals surface area contributed by atoms with Gasteiger partial charge in [-0.1, -0.05) is 76.6 Å². The summed E-state index contributed by atoms with van der Waals surface area (Å²) in [7, 11) is 0. The van der Waals surface area contributed by atoms with Crippen LogP contribution in [0.1, 0.15) is 45.2 Å². The molecule has 0 aliphatic heterocycles. The first-order valence-corrected chi connectivity index (χ1v) is 7.58. The second kappa shape index (κ2) is 12.3. The molecule has 110 valence electrons. The van der Waals surface area contributed by atoms with Crippen LogP contribution in [0, 0.1) is 0 Å². The number of phenols is 1. The van der Waals surface area contributed by atoms with Crippen LogP contribution in [0.3, 0.4) is 0 Å². The number of aryl methyl sites for hydroxylation is 2. The van der Waals surface area contributed by atoms with Gasteiger partial charge in [-0.05, 0) is 36.1 Å². The van der Waals surface area contributed by atoms with E-state index in [1.807, 2.05) is 32.0 Å². The Balaban J connectivity index is 0.000000327. The van der Waals surface area contributed by atoms with Gasteiger partial charge in [0.1, 0.15) is 5.75 Å². The van der Waals surface area contributed by atoms with Crippen LogP contribution in [-0.4, -0.2) is 5.11 Å². The quantitative estimate of drug-likeness (QED) is 0.768. The van der Waals surface area contributed by atoms with Crippen molar-refractivity contribution in [3.63, 3.8) is 0 Å². The summed E-state index contributed by atoms with van der Waals surface area (Å²) in [5.41, 5.74) is 2.70. The van der Waals surface area contributed by atoms with Gasteiger partial charge >= 0.3 is 0 Å². The van der Waals surface area contributed by atoms with Crippen molar-refractivity contribution in [2.45, 2.75) is 47.0 Å². The number of hydrogen-bond acceptors (Lipinski definition) is 1. The van der Waals surface area contributed by atoms with Crippen molar-refractivity contribution < 1.29 is 5.11 Å². The summed E-state index contributed by atoms with van der Waals surface area (Å²) in [6, 6.07) is 17.8. The Labute approximate surface area is 124 Å². The van der Waals surface area contributed by atoms with E-state index in [1.54, 1.807) is 12.1 Å². The van der Waals surface area contributed by atoms with E-state index in [-0.39, 0.29) is 0 Å². The van der Waals surface area contributed by atoms with E-state index >= 15 is 0 Å². The van der Waals surface area contributed by atoms with Crippen LogP contribution in [-0.2, 0) is 12.8 Å². The van der Waals surface area contributed by atoms with Crippen LogP contribution in [0.2, 0.25) is 0 Å². The van der Waals surface area contributed by atoms with E-state index in [2.05, 4.69) is 38.1 Å². The fourth-order valence-corrected chi connectivity index (χ4v) is 1.67. The molecule has 0 bridgehead atoms. The maximum absolute atomic E-state index is 8.92. The molecule has 0 aliphatic rings. The molecule has 2 rings (SSSR count). The molecule has 0 fully saturated rings. The lowest BCUT2D eigenvalue weighted by atomic mass is 10.1. The SMILES string of the molecule is CC.CCCc1ccc(O)cc1.CCc1ccccc1. The Morgan fingerprint density at radius 1 is 0.750 bits per heavy atom. The summed E-state index contributed by atoms with van der Waals surface area (Å²) in [6.07, 6.45) is 3.39. The largest absolute Gasteiger partial charge is 0.508 e. The number of rotatable bonds is 3. The molecule has 0 unspecified atom stereocenters. The Hall–Kier alpha value is -1.76. The zero-order valence-electron chi connectivity index (χ0n) is 13.3. The zero-order chi connectivity index (χ0) is 15.2. The van der Waals surface area contributed by atoms with Crippen molar-refractivity contribution in [1.82, 2.24) is 0 Å². The smallest absolute Gasteiger partial charge is 0.115 e. The fraction of sp³-hybridized carbons (Fsp3) is 0.368. The van der Waals surface area contributed by atoms with Gasteiger partial charge in [-0.2, -0.15) is 0 Å². The van der Waals surface area contributed by atoms with Crippen molar-refractivity contribution in [3.8, 4) is 5.75 Å². The standard InChI is InChI=1S/C9H12O.C8H10.C2H6/c1-2-3-8-4-6-9(10)7-5-8;1-2-8-6-4-3-5-7-8;1-2/h4-7,10H,2-3H2,1H3;3-7H,2H2,1H3;1-2H3. The third-order valence-corrected chi connectivity index (χ3v) is 2.73. The molecule has 2 aromatic carbocycles. The third kappa shape index (κ3) is 8.36. The third-order valence-electron chi connectivity index (χ3n) is 2.73. The maximum Gasteiger partial charge on any atom is 0.115 e. The predicted molar refractivity (Wildman–Crippen MR) is 89.3 cm³/mol. The Kier molecular flexibility index (Phi) is 11.2. The molecular formula is C19H28O. The van der Waals surface area contributed by atoms with Crippen molar-refractivity contribution in [2.75, 3.05) is 0 Å². The minimum absolute atomic E-state index is 0.347. The van der Waals surface area contributed by atoms with Crippen LogP contribution in [0.15, 0.2) is 54.6 Å². The first kappa shape index (κ1) is 18.2. The van der Waals surface area contributed by atoms with Gasteiger partial charge in [0.25, 0.3) is 0 Å². The zero-order valence-corrected chi connectivity index (χ0v) is 13.3. The van der Waals surface area contributed by atoms with Gasteiger partial charge < -0.3 is 5.11 Å². The van der Waals surface area contributed by atoms with Crippen molar-refractivity contribution in [2.24, 2.45) is 0 Å². The van der Waals surface area contributed by atoms with Gasteiger partial charge in [0.2, 0.25) is 0 Å². The van der Waals surface area contributed by atoms with E-state index in [9.17, 15) is 0 Å². The van der Waals surface area contributed by atoms with Crippen LogP contribution < -0.4 is 0 Å². The molecule has 2 aromatic rings. The topological polar surface area (TPSA) is 20.2 Å². The minimum Gasteiger partial charge on any atom is -0.508 e. The molecule has 1 nitrogen and oxygen atoms in total. The summed E-state index contributed by atoms with van der Waals surface area (Å²) in [6.45, 7) is 8.31. The van der Waals surface area contributed by atoms with Gasteiger partial charge in [-0.25, -0.2) is 0 Å². The molecule has 0 saturated carbocycles. The highest BCUT2D eigenvalue weighted by Crippen LogP contribution is 2.10. The maximum atomic E-state index is 8.92. The summed E-state index contributed by atoms with van der Waals surface area (Å²) < 4.78 is 0. The number of phenolic OH excluding ortho intramolecular Hbond substituents is 1. The minimum atomic E-state index is 0.347. The van der Waals surface area contributed by atoms with Gasteiger partial charge in [-0.15, -0.1) is 0 Å². The molecule has 0 heterocycles. The van der Waals surface area contributed by atoms with Gasteiger partial charge in [0.15, 0.2) is 0 Å². The predicted octanol–water partition coefficient (Wildman–Crippen LogP) is 5.62. The van der Waals surface area contributed by atoms with Crippen LogP contribution in [0.5, 0.6) is 5.75 Å². The molecule has 0 amide bonds. The second-order valence-electron chi connectivity index (χ2n) is 4.26. The number of hydrogen-bond donors (Lipinski definition) is 1. The van der Waals surface area contributed by atoms with Gasteiger partial charge in [0.05, 0.1) is 0 Å². The lowest BCUT2D eigenvalue weighted by Gasteiger charge is -1.96. The molecule has 1 heteroatoms. The highest BCUT2D eigenvalue weighted by Gasteiger charge is 1.89. The van der Waals surface area contributed by atoms with Crippen LogP contribution in [0.25, 0.3) is 0 Å². The van der Waals surface area contributed by atoms with E-state index in [0.29, 0.717) is 5.75 Å². The Morgan fingerprint density at radius 3 is 1.70 bits per heavy atom. The van der Waals surface area contributed by atoms with Crippen molar-refractivity contribution in [1.29, 1.82) is 0 Å². The Bertz CT molecular complexity index is 417. The summed E-state index contributed by atoms with van der Waals surface area (Å²) in [4.78, 5) is 0. The highest BCUT2D eigenvalue weighted by molar-refractivity contribution is 5.25. The average Bonchev–Trinajstić information content (AvgIpc) is 2.53. The lowest BCUT2D eigenvalue weighted by Crippen LogP contribution is -1.79. The highest BCUT2D eigenvalue weighted by atomic mass is 16.3. The second-order valence-corrected chi connectivity index (χ2v) is 4.26. The Morgan fingerprint density at radius 2 is 1.30 bits per heavy atom. The van der Waals surface area contributed by atoms with Crippen molar-refractivity contribution in [3.05, 3.63) is 65.7 Å². The summed E-state index contributed by atoms with van der Waals surface area (Å²) in [5, 5.41) is 8.92. The molecule has 0 atom stereocenters. The molecule has 20 heavy (non-hydrogen) atoms. The van der Waals surface area contributed by atoms with E-state index in [1.165, 1.54) is 11.1 Å². The lowest BCUT2D eigenvalue weighted by molar-refractivity contribution is 0.475. The summed E-state index contributed by atoms with van der Waals surface area (Å²) >= 11 is 0. The van der Waals surface area contributed by atoms with Crippen LogP contribution in [0.4, 0.5) is 0 Å². The first-order valence-electron chi connectivity index (χ1n) is 7.58. The monoisotopic (exact) mass is 272 g/mol. The first-order chi connectivity index (χ1) is 9.76. The molecule has 0 radical (unpaired) electrons. The summed E-state index contributed by atoms with van der Waals surface area (Å²) in [5.74, 6) is 0.347. The van der Waals surface area contributed by atoms with E-state index in [4.69, 9.17) is 5.11 Å². The van der Waals surface area contributed by atoms with E-state index in [0.717, 1.165) is 19.3 Å². The van der Waals surface area contributed by atoms with Gasteiger partial charge in [0, 0.05) is 0 Å². The fourth-order valence-electron chi connectivity index (χ4n) is 1.67. The van der Waals surface area contributed by atoms with Crippen molar-refractivity contribution >= 4 is 0 Å². The number of aromatic hydroxyl groups is 1. The molecule has 0 saturated heterocycles. The van der Waals surface area contributed by atoms with Crippen LogP contribution >= 0.6 is 0 Å². The molecule has 0 aromatic heterocycles. The number of benzene rings is 2. The molecule has 0 spiro atoms. The van der Waals surface area contributed by atoms with E-state index < -0.39 is 0 Å². The molecule has 0 aliphatic carbocycles. The molecular weight excluding hydrogens is 244 g/mol. The average molecular weight is 272 g/mol.